The fourth-order valence-electron chi connectivity index (χ4n) is 3.86. The molecule has 0 amide bonds. The van der Waals surface area contributed by atoms with Gasteiger partial charge in [0.05, 0.1) is 12.8 Å². The molecular formula is C22H25ClN2O3S2. The highest BCUT2D eigenvalue weighted by atomic mass is 35.5. The average molecular weight is 465 g/mol. The molecule has 0 bridgehead atoms. The molecule has 2 aromatic heterocycles. The molecule has 1 fully saturated rings. The number of sulfonamides is 1. The summed E-state index contributed by atoms with van der Waals surface area (Å²) in [4.78, 5) is 2.41. The van der Waals surface area contributed by atoms with Gasteiger partial charge in [-0.05, 0) is 73.6 Å². The predicted octanol–water partition coefficient (Wildman–Crippen LogP) is 4.89. The summed E-state index contributed by atoms with van der Waals surface area (Å²) in [6, 6.07) is 15.0. The Bertz CT molecular complexity index is 1010. The van der Waals surface area contributed by atoms with Crippen LogP contribution in [0.25, 0.3) is 0 Å². The molecule has 0 spiro atoms. The zero-order chi connectivity index (χ0) is 21.0. The van der Waals surface area contributed by atoms with Crippen molar-refractivity contribution in [3.05, 3.63) is 76.5 Å². The van der Waals surface area contributed by atoms with Gasteiger partial charge in [0.1, 0.15) is 9.97 Å². The van der Waals surface area contributed by atoms with Crippen LogP contribution in [0.15, 0.2) is 68.8 Å². The third-order valence-corrected chi connectivity index (χ3v) is 9.07. The maximum atomic E-state index is 13.3. The SMILES string of the molecule is O=S(=O)(c1cccs1)N(Cc1ccco1)C1CCN(CCc2ccc(Cl)cc2)CC1. The van der Waals surface area contributed by atoms with Gasteiger partial charge in [-0.3, -0.25) is 0 Å². The molecule has 0 N–H and O–H groups in total. The zero-order valence-electron chi connectivity index (χ0n) is 16.6. The second-order valence-corrected chi connectivity index (χ2v) is 11.0. The largest absolute Gasteiger partial charge is 0.468 e. The minimum absolute atomic E-state index is 0.0334. The smallest absolute Gasteiger partial charge is 0.253 e. The van der Waals surface area contributed by atoms with Crippen molar-refractivity contribution >= 4 is 33.0 Å². The van der Waals surface area contributed by atoms with E-state index in [4.69, 9.17) is 16.0 Å². The Morgan fingerprint density at radius 2 is 1.87 bits per heavy atom. The van der Waals surface area contributed by atoms with Gasteiger partial charge in [0.25, 0.3) is 10.0 Å². The number of hydrogen-bond donors (Lipinski definition) is 0. The monoisotopic (exact) mass is 464 g/mol. The molecule has 0 atom stereocenters. The number of halogens is 1. The number of rotatable bonds is 8. The maximum absolute atomic E-state index is 13.3. The quantitative estimate of drug-likeness (QED) is 0.476. The topological polar surface area (TPSA) is 53.8 Å². The molecule has 1 aliphatic heterocycles. The Morgan fingerprint density at radius 1 is 1.10 bits per heavy atom. The van der Waals surface area contributed by atoms with E-state index in [0.29, 0.717) is 9.97 Å². The lowest BCUT2D eigenvalue weighted by atomic mass is 10.0. The van der Waals surface area contributed by atoms with Crippen LogP contribution in [0.5, 0.6) is 0 Å². The number of thiophene rings is 1. The summed E-state index contributed by atoms with van der Waals surface area (Å²) >= 11 is 7.22. The zero-order valence-corrected chi connectivity index (χ0v) is 19.0. The van der Waals surface area contributed by atoms with Gasteiger partial charge in [-0.2, -0.15) is 4.31 Å². The number of hydrogen-bond acceptors (Lipinski definition) is 5. The van der Waals surface area contributed by atoms with Crippen LogP contribution in [-0.2, 0) is 23.0 Å². The molecule has 0 radical (unpaired) electrons. The summed E-state index contributed by atoms with van der Waals surface area (Å²) in [6.45, 7) is 2.99. The second kappa shape index (κ2) is 9.66. The van der Waals surface area contributed by atoms with Crippen LogP contribution in [0.2, 0.25) is 5.02 Å². The molecule has 8 heteroatoms. The molecule has 30 heavy (non-hydrogen) atoms. The molecular weight excluding hydrogens is 440 g/mol. The fourth-order valence-corrected chi connectivity index (χ4v) is 6.76. The van der Waals surface area contributed by atoms with Gasteiger partial charge in [0, 0.05) is 17.6 Å². The molecule has 1 aliphatic rings. The molecule has 0 aliphatic carbocycles. The summed E-state index contributed by atoms with van der Waals surface area (Å²) in [5.41, 5.74) is 1.27. The molecule has 3 heterocycles. The number of furan rings is 1. The Balaban J connectivity index is 1.41. The molecule has 160 valence electrons. The highest BCUT2D eigenvalue weighted by Gasteiger charge is 2.35. The molecule has 0 saturated carbocycles. The first kappa shape index (κ1) is 21.6. The lowest BCUT2D eigenvalue weighted by Crippen LogP contribution is -2.47. The van der Waals surface area contributed by atoms with E-state index >= 15 is 0 Å². The lowest BCUT2D eigenvalue weighted by Gasteiger charge is -2.37. The maximum Gasteiger partial charge on any atom is 0.253 e. The van der Waals surface area contributed by atoms with Crippen LogP contribution in [0.1, 0.15) is 24.2 Å². The van der Waals surface area contributed by atoms with Crippen molar-refractivity contribution in [1.82, 2.24) is 9.21 Å². The van der Waals surface area contributed by atoms with E-state index in [9.17, 15) is 8.42 Å². The normalized spacial score (nSPS) is 16.3. The Labute approximate surface area is 186 Å². The molecule has 5 nitrogen and oxygen atoms in total. The highest BCUT2D eigenvalue weighted by molar-refractivity contribution is 7.91. The number of nitrogens with zero attached hydrogens (tertiary/aromatic N) is 2. The summed E-state index contributed by atoms with van der Waals surface area (Å²) in [6.07, 6.45) is 4.17. The fraction of sp³-hybridized carbons (Fsp3) is 0.364. The van der Waals surface area contributed by atoms with Crippen LogP contribution in [0.4, 0.5) is 0 Å². The first-order valence-electron chi connectivity index (χ1n) is 10.1. The molecule has 3 aromatic rings. The van der Waals surface area contributed by atoms with Gasteiger partial charge >= 0.3 is 0 Å². The number of piperidine rings is 1. The van der Waals surface area contributed by atoms with E-state index in [2.05, 4.69) is 17.0 Å². The van der Waals surface area contributed by atoms with Gasteiger partial charge in [-0.15, -0.1) is 11.3 Å². The summed E-state index contributed by atoms with van der Waals surface area (Å²) in [7, 11) is -3.55. The van der Waals surface area contributed by atoms with Gasteiger partial charge < -0.3 is 9.32 Å². The van der Waals surface area contributed by atoms with Crippen LogP contribution in [0.3, 0.4) is 0 Å². The first-order chi connectivity index (χ1) is 14.5. The minimum atomic E-state index is -3.55. The summed E-state index contributed by atoms with van der Waals surface area (Å²) < 4.78 is 34.1. The van der Waals surface area contributed by atoms with Crippen molar-refractivity contribution in [3.8, 4) is 0 Å². The van der Waals surface area contributed by atoms with E-state index in [1.807, 2.05) is 18.2 Å². The predicted molar refractivity (Wildman–Crippen MR) is 120 cm³/mol. The highest BCUT2D eigenvalue weighted by Crippen LogP contribution is 2.29. The summed E-state index contributed by atoms with van der Waals surface area (Å²) in [5.74, 6) is 0.667. The van der Waals surface area contributed by atoms with E-state index in [0.717, 1.165) is 43.9 Å². The third-order valence-electron chi connectivity index (χ3n) is 5.54. The Hall–Kier alpha value is -1.64. The summed E-state index contributed by atoms with van der Waals surface area (Å²) in [5, 5.41) is 2.56. The van der Waals surface area contributed by atoms with Crippen molar-refractivity contribution in [2.24, 2.45) is 0 Å². The van der Waals surface area contributed by atoms with E-state index in [-0.39, 0.29) is 12.6 Å². The van der Waals surface area contributed by atoms with Crippen molar-refractivity contribution in [2.45, 2.75) is 36.1 Å². The van der Waals surface area contributed by atoms with Gasteiger partial charge in [-0.25, -0.2) is 8.42 Å². The average Bonchev–Trinajstić information content (AvgIpc) is 3.46. The first-order valence-corrected chi connectivity index (χ1v) is 12.8. The minimum Gasteiger partial charge on any atom is -0.468 e. The molecule has 1 aromatic carbocycles. The Kier molecular flexibility index (Phi) is 6.95. The van der Waals surface area contributed by atoms with Gasteiger partial charge in [0.15, 0.2) is 0 Å². The van der Waals surface area contributed by atoms with Gasteiger partial charge in [-0.1, -0.05) is 29.8 Å². The number of likely N-dealkylation sites (tertiary alicyclic amines) is 1. The lowest BCUT2D eigenvalue weighted by molar-refractivity contribution is 0.153. The standard InChI is InChI=1S/C22H25ClN2O3S2/c23-19-7-5-18(6-8-19)9-12-24-13-10-20(11-14-24)25(17-21-3-1-15-28-21)30(26,27)22-4-2-16-29-22/h1-8,15-16,20H,9-14,17H2. The Morgan fingerprint density at radius 3 is 2.50 bits per heavy atom. The van der Waals surface area contributed by atoms with Crippen molar-refractivity contribution < 1.29 is 12.8 Å². The van der Waals surface area contributed by atoms with E-state index in [1.165, 1.54) is 16.9 Å². The van der Waals surface area contributed by atoms with Crippen LogP contribution >= 0.6 is 22.9 Å². The van der Waals surface area contributed by atoms with Crippen LogP contribution in [0, 0.1) is 0 Å². The molecule has 1 saturated heterocycles. The van der Waals surface area contributed by atoms with Gasteiger partial charge in [0.2, 0.25) is 0 Å². The van der Waals surface area contributed by atoms with E-state index < -0.39 is 10.0 Å². The van der Waals surface area contributed by atoms with Crippen molar-refractivity contribution in [2.75, 3.05) is 19.6 Å². The van der Waals surface area contributed by atoms with E-state index in [1.54, 1.807) is 34.1 Å². The van der Waals surface area contributed by atoms with Crippen molar-refractivity contribution in [1.29, 1.82) is 0 Å². The van der Waals surface area contributed by atoms with Crippen LogP contribution < -0.4 is 0 Å². The molecule has 0 unspecified atom stereocenters. The van der Waals surface area contributed by atoms with Crippen LogP contribution in [-0.4, -0.2) is 43.3 Å². The third kappa shape index (κ3) is 5.15. The van der Waals surface area contributed by atoms with Crippen molar-refractivity contribution in [3.63, 3.8) is 0 Å². The number of benzene rings is 1. The molecule has 4 rings (SSSR count). The second-order valence-electron chi connectivity index (χ2n) is 7.51.